The molecule has 0 bridgehead atoms. The number of alkyl halides is 7. The molecule has 0 unspecified atom stereocenters. The van der Waals surface area contributed by atoms with Crippen LogP contribution in [-0.2, 0) is 10.8 Å². The van der Waals surface area contributed by atoms with E-state index in [0.717, 1.165) is 5.01 Å². The van der Waals surface area contributed by atoms with Crippen LogP contribution in [0.4, 0.5) is 46.6 Å². The fourth-order valence-corrected chi connectivity index (χ4v) is 3.79. The van der Waals surface area contributed by atoms with Crippen molar-refractivity contribution < 1.29 is 55.3 Å². The normalized spacial score (nSPS) is 12.4. The molecule has 1 aromatic carbocycles. The zero-order valence-corrected chi connectivity index (χ0v) is 20.3. The molecule has 0 spiro atoms. The van der Waals surface area contributed by atoms with E-state index >= 15 is 0 Å². The van der Waals surface area contributed by atoms with Gasteiger partial charge in [-0.05, 0) is 18.6 Å². The molecular formula is C20H21F8N6O3S+. The molecule has 0 aliphatic carbocycles. The number of amides is 1. The molecule has 0 radical (unpaired) electrons. The number of pyridine rings is 1. The number of aryl methyl sites for hydroxylation is 1. The van der Waals surface area contributed by atoms with Crippen molar-refractivity contribution in [2.45, 2.75) is 29.8 Å². The van der Waals surface area contributed by atoms with Crippen LogP contribution in [0.3, 0.4) is 0 Å². The van der Waals surface area contributed by atoms with Gasteiger partial charge in [0, 0.05) is 28.8 Å². The van der Waals surface area contributed by atoms with E-state index in [0.29, 0.717) is 23.0 Å². The van der Waals surface area contributed by atoms with E-state index < -0.39 is 41.1 Å². The molecule has 0 aliphatic rings. The summed E-state index contributed by atoms with van der Waals surface area (Å²) in [5.41, 5.74) is -0.296. The van der Waals surface area contributed by atoms with Crippen LogP contribution in [-0.4, -0.2) is 58.5 Å². The lowest BCUT2D eigenvalue weighted by Gasteiger charge is -2.28. The number of carbonyl (C=O) groups is 1. The third kappa shape index (κ3) is 6.49. The Morgan fingerprint density at radius 3 is 2.39 bits per heavy atom. The Hall–Kier alpha value is -3.06. The molecule has 1 heterocycles. The number of nitrogens with two attached hydrogens (primary N) is 2. The fraction of sp³-hybridized carbons (Fsp3) is 0.350. The van der Waals surface area contributed by atoms with Crippen LogP contribution in [0.15, 0.2) is 29.3 Å². The molecule has 0 saturated carbocycles. The quantitative estimate of drug-likeness (QED) is 0.0587. The minimum Gasteiger partial charge on any atom is -0.394 e. The Balaban J connectivity index is 2.45. The number of anilines is 1. The van der Waals surface area contributed by atoms with Crippen LogP contribution >= 0.6 is 11.8 Å². The highest BCUT2D eigenvalue weighted by Crippen LogP contribution is 2.51. The van der Waals surface area contributed by atoms with Gasteiger partial charge in [0.05, 0.1) is 25.8 Å². The van der Waals surface area contributed by atoms with Gasteiger partial charge in [0.25, 0.3) is 5.91 Å². The number of benzene rings is 1. The van der Waals surface area contributed by atoms with Crippen LogP contribution in [0.5, 0.6) is 0 Å². The molecule has 7 N–H and O–H groups in total. The van der Waals surface area contributed by atoms with Crippen molar-refractivity contribution >= 4 is 34.3 Å². The predicted molar refractivity (Wildman–Crippen MR) is 118 cm³/mol. The van der Waals surface area contributed by atoms with Gasteiger partial charge in [-0.15, -0.1) is 0 Å². The SMILES string of the molecule is CO[NH2+]c1cc(C)c(SC(=N)N(N)CCO)c(C(=O)Nc2ncc(C(F)(F)C(F)(F)C(F)(F)F)cc2F)c1. The maximum Gasteiger partial charge on any atom is 0.460 e. The Morgan fingerprint density at radius 2 is 1.87 bits per heavy atom. The number of hydrogen-bond acceptors (Lipinski definition) is 7. The molecule has 0 fully saturated rings. The number of aromatic nitrogens is 1. The number of amidine groups is 1. The van der Waals surface area contributed by atoms with E-state index in [9.17, 15) is 39.9 Å². The van der Waals surface area contributed by atoms with Crippen molar-refractivity contribution in [2.75, 3.05) is 25.6 Å². The Bertz CT molecular complexity index is 1200. The Labute approximate surface area is 213 Å². The zero-order valence-electron chi connectivity index (χ0n) is 19.5. The second-order valence-electron chi connectivity index (χ2n) is 7.55. The van der Waals surface area contributed by atoms with Gasteiger partial charge in [-0.3, -0.25) is 15.2 Å². The van der Waals surface area contributed by atoms with Crippen molar-refractivity contribution in [3.05, 3.63) is 46.9 Å². The minimum atomic E-state index is -6.64. The van der Waals surface area contributed by atoms with Gasteiger partial charge in [-0.2, -0.15) is 36.2 Å². The van der Waals surface area contributed by atoms with Gasteiger partial charge >= 0.3 is 18.0 Å². The van der Waals surface area contributed by atoms with Crippen LogP contribution in [0, 0.1) is 18.2 Å². The molecule has 0 aliphatic heterocycles. The van der Waals surface area contributed by atoms with Crippen molar-refractivity contribution in [3.8, 4) is 0 Å². The first kappa shape index (κ1) is 31.2. The van der Waals surface area contributed by atoms with Crippen molar-refractivity contribution in [1.82, 2.24) is 9.99 Å². The number of halogens is 8. The zero-order chi connectivity index (χ0) is 29.1. The highest BCUT2D eigenvalue weighted by molar-refractivity contribution is 8.13. The van der Waals surface area contributed by atoms with E-state index in [-0.39, 0.29) is 41.0 Å². The van der Waals surface area contributed by atoms with Gasteiger partial charge in [-0.25, -0.2) is 20.1 Å². The molecule has 9 nitrogen and oxygen atoms in total. The molecule has 2 aromatic rings. The third-order valence-electron chi connectivity index (χ3n) is 4.78. The smallest absolute Gasteiger partial charge is 0.394 e. The van der Waals surface area contributed by atoms with E-state index in [2.05, 4.69) is 4.98 Å². The monoisotopic (exact) mass is 577 g/mol. The van der Waals surface area contributed by atoms with Crippen LogP contribution in [0.2, 0.25) is 0 Å². The van der Waals surface area contributed by atoms with Gasteiger partial charge in [0.2, 0.25) is 0 Å². The van der Waals surface area contributed by atoms with E-state index in [1.54, 1.807) is 13.0 Å². The lowest BCUT2D eigenvalue weighted by Crippen LogP contribution is -2.76. The number of nitrogens with one attached hydrogen (secondary N) is 2. The largest absolute Gasteiger partial charge is 0.460 e. The average Bonchev–Trinajstić information content (AvgIpc) is 2.81. The molecule has 0 saturated heterocycles. The molecule has 0 atom stereocenters. The van der Waals surface area contributed by atoms with Crippen molar-refractivity contribution in [1.29, 1.82) is 5.41 Å². The summed E-state index contributed by atoms with van der Waals surface area (Å²) in [4.78, 5) is 21.1. The summed E-state index contributed by atoms with van der Waals surface area (Å²) in [6, 6.07) is 2.51. The summed E-state index contributed by atoms with van der Waals surface area (Å²) in [7, 11) is 1.31. The number of aliphatic hydroxyl groups excluding tert-OH is 1. The summed E-state index contributed by atoms with van der Waals surface area (Å²) in [5.74, 6) is -10.7. The lowest BCUT2D eigenvalue weighted by atomic mass is 10.0. The Kier molecular flexibility index (Phi) is 9.65. The summed E-state index contributed by atoms with van der Waals surface area (Å²) < 4.78 is 106. The number of hydrazine groups is 1. The van der Waals surface area contributed by atoms with E-state index in [4.69, 9.17) is 21.2 Å². The first-order valence-electron chi connectivity index (χ1n) is 10.2. The molecular weight excluding hydrogens is 556 g/mol. The lowest BCUT2D eigenvalue weighted by molar-refractivity contribution is -0.830. The third-order valence-corrected chi connectivity index (χ3v) is 5.96. The summed E-state index contributed by atoms with van der Waals surface area (Å²) >= 11 is 0.680. The highest BCUT2D eigenvalue weighted by Gasteiger charge is 2.73. The highest BCUT2D eigenvalue weighted by atomic mass is 32.2. The molecule has 18 heteroatoms. The maximum atomic E-state index is 14.5. The van der Waals surface area contributed by atoms with Crippen molar-refractivity contribution in [3.63, 3.8) is 0 Å². The topological polar surface area (TPSA) is 141 Å². The number of nitrogens with zero attached hydrogens (tertiary/aromatic N) is 2. The number of thioether (sulfide) groups is 1. The van der Waals surface area contributed by atoms with E-state index in [1.807, 2.05) is 5.32 Å². The van der Waals surface area contributed by atoms with Crippen LogP contribution in [0.25, 0.3) is 0 Å². The van der Waals surface area contributed by atoms with Gasteiger partial charge in [-0.1, -0.05) is 11.8 Å². The Morgan fingerprint density at radius 1 is 1.24 bits per heavy atom. The van der Waals surface area contributed by atoms with Crippen molar-refractivity contribution in [2.24, 2.45) is 5.84 Å². The number of aliphatic hydroxyl groups is 1. The van der Waals surface area contributed by atoms with Crippen LogP contribution in [0.1, 0.15) is 21.5 Å². The van der Waals surface area contributed by atoms with Gasteiger partial charge < -0.3 is 10.4 Å². The molecule has 210 valence electrons. The number of carbonyl (C=O) groups excluding carboxylic acids is 1. The summed E-state index contributed by atoms with van der Waals surface area (Å²) in [6.45, 7) is 1.03. The fourth-order valence-electron chi connectivity index (χ4n) is 2.91. The molecule has 38 heavy (non-hydrogen) atoms. The van der Waals surface area contributed by atoms with Crippen LogP contribution < -0.4 is 16.6 Å². The minimum absolute atomic E-state index is 0.120. The number of quaternary nitrogens is 1. The first-order valence-corrected chi connectivity index (χ1v) is 11.0. The second-order valence-corrected chi connectivity index (χ2v) is 8.55. The first-order chi connectivity index (χ1) is 17.5. The number of rotatable bonds is 9. The summed E-state index contributed by atoms with van der Waals surface area (Å²) in [5, 5.41) is 19.5. The van der Waals surface area contributed by atoms with Gasteiger partial charge in [0.15, 0.2) is 22.5 Å². The predicted octanol–water partition coefficient (Wildman–Crippen LogP) is 3.02. The molecule has 2 rings (SSSR count). The maximum absolute atomic E-state index is 14.5. The number of hydrogen-bond donors (Lipinski definition) is 5. The summed E-state index contributed by atoms with van der Waals surface area (Å²) in [6.07, 6.45) is -6.76. The molecule has 1 aromatic heterocycles. The van der Waals surface area contributed by atoms with Gasteiger partial charge in [0.1, 0.15) is 0 Å². The average molecular weight is 577 g/mol. The van der Waals surface area contributed by atoms with E-state index in [1.165, 1.54) is 18.7 Å². The molecule has 1 amide bonds. The second kappa shape index (κ2) is 11.8. The standard InChI is InChI=1S/C20H20F8N6O3S/c1-9-5-11(33-37-2)7-12(14(9)38-17(29)34(30)3-4-35)16(36)32-15-13(21)6-10(8-31-15)18(22,23)19(24,25)20(26,27)28/h5-8,29,33,35H,3-4,30H2,1-2H3,(H,31,32,36)/p+1.